The first-order valence-corrected chi connectivity index (χ1v) is 14.3. The predicted octanol–water partition coefficient (Wildman–Crippen LogP) is 5.63. The highest BCUT2D eigenvalue weighted by Gasteiger charge is 2.38. The lowest BCUT2D eigenvalue weighted by molar-refractivity contribution is -0.123. The minimum Gasteiger partial charge on any atom is -0.467 e. The van der Waals surface area contributed by atoms with Crippen LogP contribution in [0, 0.1) is 11.6 Å². The summed E-state index contributed by atoms with van der Waals surface area (Å²) in [6, 6.07) is 10.7. The highest BCUT2D eigenvalue weighted by atomic mass is 35.5. The van der Waals surface area contributed by atoms with Gasteiger partial charge in [-0.05, 0) is 72.4 Å². The van der Waals surface area contributed by atoms with Gasteiger partial charge in [-0.1, -0.05) is 36.6 Å². The van der Waals surface area contributed by atoms with E-state index in [1.165, 1.54) is 48.7 Å². The number of nitrogens with two attached hydrogens (primary N) is 1. The van der Waals surface area contributed by atoms with E-state index in [2.05, 4.69) is 15.0 Å². The summed E-state index contributed by atoms with van der Waals surface area (Å²) in [6.07, 6.45) is 5.04. The van der Waals surface area contributed by atoms with Crippen LogP contribution in [0.2, 0.25) is 5.02 Å². The molecule has 1 aliphatic rings. The van der Waals surface area contributed by atoms with Crippen LogP contribution in [-0.2, 0) is 11.3 Å². The van der Waals surface area contributed by atoms with E-state index in [0.29, 0.717) is 17.1 Å². The molecule has 2 heterocycles. The number of hydrogen-bond donors (Lipinski definition) is 3. The first-order valence-electron chi connectivity index (χ1n) is 13.1. The number of rotatable bonds is 9. The maximum Gasteiger partial charge on any atom is 0.273 e. The number of nitrogens with one attached hydrogen (secondary N) is 2. The van der Waals surface area contributed by atoms with Crippen molar-refractivity contribution in [3.05, 3.63) is 99.4 Å². The molecule has 0 aliphatic heterocycles. The number of nitrogens with zero attached hydrogens (tertiary/aromatic N) is 2. The lowest BCUT2D eigenvalue weighted by Gasteiger charge is -2.30. The molecule has 1 atom stereocenters. The van der Waals surface area contributed by atoms with Gasteiger partial charge in [0, 0.05) is 18.3 Å². The summed E-state index contributed by atoms with van der Waals surface area (Å²) in [4.78, 5) is 41.8. The summed E-state index contributed by atoms with van der Waals surface area (Å²) in [6.45, 7) is 0.0106. The molecular weight excluding hydrogens is 588 g/mol. The summed E-state index contributed by atoms with van der Waals surface area (Å²) in [5.41, 5.74) is 6.72. The van der Waals surface area contributed by atoms with E-state index in [-0.39, 0.29) is 45.3 Å². The Labute approximate surface area is 248 Å². The molecule has 2 aromatic heterocycles. The van der Waals surface area contributed by atoms with Gasteiger partial charge >= 0.3 is 0 Å². The first-order chi connectivity index (χ1) is 20.2. The van der Waals surface area contributed by atoms with Crippen molar-refractivity contribution in [1.82, 2.24) is 15.0 Å². The van der Waals surface area contributed by atoms with Crippen LogP contribution in [0.1, 0.15) is 63.2 Å². The zero-order valence-corrected chi connectivity index (χ0v) is 23.7. The van der Waals surface area contributed by atoms with Crippen LogP contribution in [-0.4, -0.2) is 28.1 Å². The molecule has 5 rings (SSSR count). The van der Waals surface area contributed by atoms with Crippen molar-refractivity contribution >= 4 is 52.2 Å². The maximum absolute atomic E-state index is 14.2. The molecule has 9 nitrogen and oxygen atoms in total. The summed E-state index contributed by atoms with van der Waals surface area (Å²) in [5.74, 6) is -3.02. The number of nitrogen functional groups attached to an aromatic ring is 1. The molecule has 0 bridgehead atoms. The molecule has 1 aliphatic carbocycles. The number of hydrogen-bond acceptors (Lipinski definition) is 7. The van der Waals surface area contributed by atoms with Gasteiger partial charge in [-0.3, -0.25) is 19.3 Å². The molecule has 4 N–H and O–H groups in total. The summed E-state index contributed by atoms with van der Waals surface area (Å²) in [7, 11) is 0. The van der Waals surface area contributed by atoms with E-state index < -0.39 is 35.4 Å². The zero-order chi connectivity index (χ0) is 29.8. The van der Waals surface area contributed by atoms with Gasteiger partial charge in [-0.2, -0.15) is 4.37 Å². The van der Waals surface area contributed by atoms with Gasteiger partial charge in [-0.15, -0.1) is 0 Å². The molecule has 0 spiro atoms. The Morgan fingerprint density at radius 2 is 1.86 bits per heavy atom. The van der Waals surface area contributed by atoms with Crippen molar-refractivity contribution in [2.24, 2.45) is 0 Å². The Hall–Kier alpha value is -4.29. The van der Waals surface area contributed by atoms with Crippen molar-refractivity contribution in [3.63, 3.8) is 0 Å². The van der Waals surface area contributed by atoms with Gasteiger partial charge in [-0.25, -0.2) is 8.78 Å². The second kappa shape index (κ2) is 12.7. The van der Waals surface area contributed by atoms with Gasteiger partial charge in [0.2, 0.25) is 0 Å². The molecule has 1 saturated carbocycles. The van der Waals surface area contributed by atoms with Crippen LogP contribution in [0.4, 0.5) is 20.2 Å². The van der Waals surface area contributed by atoms with E-state index in [4.69, 9.17) is 21.8 Å². The average Bonchev–Trinajstić information content (AvgIpc) is 3.76. The van der Waals surface area contributed by atoms with Crippen molar-refractivity contribution in [2.45, 2.75) is 44.3 Å². The normalized spacial score (nSPS) is 14.0. The van der Waals surface area contributed by atoms with Crippen LogP contribution in [0.25, 0.3) is 0 Å². The number of carbonyl (C=O) groups is 3. The van der Waals surface area contributed by atoms with E-state index in [9.17, 15) is 23.2 Å². The molecule has 2 aromatic carbocycles. The fourth-order valence-electron chi connectivity index (χ4n) is 4.78. The topological polar surface area (TPSA) is 131 Å². The molecule has 1 fully saturated rings. The fourth-order valence-corrected chi connectivity index (χ4v) is 5.69. The molecule has 3 amide bonds. The number of aromatic nitrogens is 1. The SMILES string of the molecule is Nc1c(C(=O)NC2CCCC2)nsc1C(=O)N(c1ccc(F)c(Cl)c1)C(C(=O)NCc1ccc(F)cc1)c1ccco1. The molecule has 42 heavy (non-hydrogen) atoms. The van der Waals surface area contributed by atoms with Crippen LogP contribution in [0.15, 0.2) is 65.3 Å². The smallest absolute Gasteiger partial charge is 0.273 e. The van der Waals surface area contributed by atoms with E-state index in [1.54, 1.807) is 6.07 Å². The van der Waals surface area contributed by atoms with Gasteiger partial charge in [0.05, 0.1) is 17.0 Å². The van der Waals surface area contributed by atoms with Crippen LogP contribution < -0.4 is 21.3 Å². The minimum atomic E-state index is -1.41. The average molecular weight is 614 g/mol. The van der Waals surface area contributed by atoms with E-state index >= 15 is 0 Å². The number of amides is 3. The number of anilines is 2. The molecule has 218 valence electrons. The molecule has 0 saturated heterocycles. The largest absolute Gasteiger partial charge is 0.467 e. The monoisotopic (exact) mass is 613 g/mol. The number of halogens is 3. The highest BCUT2D eigenvalue weighted by Crippen LogP contribution is 2.35. The number of benzene rings is 2. The second-order valence-corrected chi connectivity index (χ2v) is 10.9. The quantitative estimate of drug-likeness (QED) is 0.224. The maximum atomic E-state index is 14.2. The zero-order valence-electron chi connectivity index (χ0n) is 22.1. The number of carbonyl (C=O) groups excluding carboxylic acids is 3. The minimum absolute atomic E-state index is 0.00347. The summed E-state index contributed by atoms with van der Waals surface area (Å²) in [5, 5.41) is 5.35. The van der Waals surface area contributed by atoms with Gasteiger partial charge in [0.25, 0.3) is 17.7 Å². The second-order valence-electron chi connectivity index (χ2n) is 9.76. The molecule has 4 aromatic rings. The molecular formula is C29H26ClF2N5O4S. The van der Waals surface area contributed by atoms with Crippen molar-refractivity contribution < 1.29 is 27.6 Å². The summed E-state index contributed by atoms with van der Waals surface area (Å²) >= 11 is 6.78. The van der Waals surface area contributed by atoms with E-state index in [1.807, 2.05) is 0 Å². The molecule has 0 radical (unpaired) electrons. The van der Waals surface area contributed by atoms with Crippen LogP contribution in [0.5, 0.6) is 0 Å². The lowest BCUT2D eigenvalue weighted by atomic mass is 10.1. The molecule has 13 heteroatoms. The lowest BCUT2D eigenvalue weighted by Crippen LogP contribution is -2.43. The Kier molecular flexibility index (Phi) is 8.83. The van der Waals surface area contributed by atoms with Gasteiger partial charge in [0.15, 0.2) is 11.7 Å². The Balaban J connectivity index is 1.51. The Morgan fingerprint density at radius 1 is 1.12 bits per heavy atom. The third-order valence-corrected chi connectivity index (χ3v) is 8.07. The molecule has 1 unspecified atom stereocenters. The van der Waals surface area contributed by atoms with Crippen LogP contribution >= 0.6 is 23.1 Å². The number of furan rings is 1. The highest BCUT2D eigenvalue weighted by molar-refractivity contribution is 7.09. The standard InChI is InChI=1S/C29H26ClF2N5O4S/c30-20-14-19(11-12-21(20)32)37(29(40)26-23(33)24(36-42-26)27(38)35-18-4-1-2-5-18)25(22-6-3-13-41-22)28(39)34-15-16-7-9-17(31)10-8-16/h3,6-14,18,25H,1-2,4-5,15,33H2,(H,34,39)(H,35,38). The van der Waals surface area contributed by atoms with Crippen molar-refractivity contribution in [2.75, 3.05) is 10.6 Å². The van der Waals surface area contributed by atoms with E-state index in [0.717, 1.165) is 36.6 Å². The fraction of sp³-hybridized carbons (Fsp3) is 0.241. The predicted molar refractivity (Wildman–Crippen MR) is 154 cm³/mol. The van der Waals surface area contributed by atoms with Crippen molar-refractivity contribution in [1.29, 1.82) is 0 Å². The van der Waals surface area contributed by atoms with Gasteiger partial charge < -0.3 is 20.8 Å². The Bertz CT molecular complexity index is 1590. The van der Waals surface area contributed by atoms with Crippen molar-refractivity contribution in [3.8, 4) is 0 Å². The third kappa shape index (κ3) is 6.29. The Morgan fingerprint density at radius 3 is 2.52 bits per heavy atom. The van der Waals surface area contributed by atoms with Gasteiger partial charge in [0.1, 0.15) is 22.3 Å². The van der Waals surface area contributed by atoms with Crippen LogP contribution in [0.3, 0.4) is 0 Å². The first kappa shape index (κ1) is 29.2. The third-order valence-electron chi connectivity index (χ3n) is 6.93. The summed E-state index contributed by atoms with van der Waals surface area (Å²) < 4.78 is 37.2.